The standard InChI is InChI=1S/C25H22N2/c1-27(2)22-16-13-19(14-17-22)12-15-21-18-24(20-8-4-3-5-9-20)23-10-6-7-11-25(23)26-21/h3-18H,1-2H3. The van der Waals surface area contributed by atoms with Gasteiger partial charge in [-0.3, -0.25) is 0 Å². The summed E-state index contributed by atoms with van der Waals surface area (Å²) in [6.45, 7) is 0. The van der Waals surface area contributed by atoms with Gasteiger partial charge in [-0.25, -0.2) is 4.98 Å². The van der Waals surface area contributed by atoms with Crippen LogP contribution in [-0.2, 0) is 0 Å². The highest BCUT2D eigenvalue weighted by Gasteiger charge is 2.06. The van der Waals surface area contributed by atoms with E-state index in [0.29, 0.717) is 0 Å². The molecule has 0 bridgehead atoms. The molecule has 0 aliphatic heterocycles. The molecule has 132 valence electrons. The predicted molar refractivity (Wildman–Crippen MR) is 117 cm³/mol. The molecule has 0 radical (unpaired) electrons. The van der Waals surface area contributed by atoms with Gasteiger partial charge >= 0.3 is 0 Å². The smallest absolute Gasteiger partial charge is 0.0715 e. The van der Waals surface area contributed by atoms with Crippen LogP contribution in [0.3, 0.4) is 0 Å². The molecule has 0 aliphatic carbocycles. The van der Waals surface area contributed by atoms with Gasteiger partial charge in [-0.15, -0.1) is 0 Å². The number of aromatic nitrogens is 1. The fourth-order valence-electron chi connectivity index (χ4n) is 3.20. The minimum absolute atomic E-state index is 0.962. The Morgan fingerprint density at radius 2 is 1.44 bits per heavy atom. The van der Waals surface area contributed by atoms with Crippen molar-refractivity contribution in [3.8, 4) is 11.1 Å². The Morgan fingerprint density at radius 3 is 2.19 bits per heavy atom. The first kappa shape index (κ1) is 17.0. The maximum absolute atomic E-state index is 4.83. The van der Waals surface area contributed by atoms with Gasteiger partial charge in [-0.1, -0.05) is 66.7 Å². The van der Waals surface area contributed by atoms with Crippen molar-refractivity contribution in [2.45, 2.75) is 0 Å². The summed E-state index contributed by atoms with van der Waals surface area (Å²) in [6, 6.07) is 29.5. The van der Waals surface area contributed by atoms with Gasteiger partial charge in [0, 0.05) is 25.2 Å². The molecule has 3 aromatic carbocycles. The topological polar surface area (TPSA) is 16.1 Å². The van der Waals surface area contributed by atoms with Crippen LogP contribution in [0, 0.1) is 0 Å². The minimum atomic E-state index is 0.962. The number of pyridine rings is 1. The molecule has 0 saturated heterocycles. The van der Waals surface area contributed by atoms with Gasteiger partial charge in [0.1, 0.15) is 0 Å². The Labute approximate surface area is 160 Å². The number of para-hydroxylation sites is 1. The lowest BCUT2D eigenvalue weighted by molar-refractivity contribution is 1.13. The van der Waals surface area contributed by atoms with Gasteiger partial charge in [0.15, 0.2) is 0 Å². The van der Waals surface area contributed by atoms with E-state index in [-0.39, 0.29) is 0 Å². The maximum atomic E-state index is 4.83. The molecular formula is C25H22N2. The van der Waals surface area contributed by atoms with E-state index in [9.17, 15) is 0 Å². The normalized spacial score (nSPS) is 11.2. The van der Waals surface area contributed by atoms with Gasteiger partial charge < -0.3 is 4.90 Å². The third-order valence-electron chi connectivity index (χ3n) is 4.68. The molecule has 2 nitrogen and oxygen atoms in total. The van der Waals surface area contributed by atoms with E-state index >= 15 is 0 Å². The summed E-state index contributed by atoms with van der Waals surface area (Å²) < 4.78 is 0. The van der Waals surface area contributed by atoms with E-state index < -0.39 is 0 Å². The molecule has 27 heavy (non-hydrogen) atoms. The Balaban J connectivity index is 1.74. The molecule has 0 fully saturated rings. The second-order valence-electron chi connectivity index (χ2n) is 6.80. The van der Waals surface area contributed by atoms with Crippen LogP contribution < -0.4 is 4.90 Å². The molecule has 0 saturated carbocycles. The molecule has 2 heteroatoms. The summed E-state index contributed by atoms with van der Waals surface area (Å²) in [5.74, 6) is 0. The summed E-state index contributed by atoms with van der Waals surface area (Å²) in [5, 5.41) is 1.18. The second-order valence-corrected chi connectivity index (χ2v) is 6.80. The summed E-state index contributed by atoms with van der Waals surface area (Å²) in [5.41, 5.74) is 6.76. The maximum Gasteiger partial charge on any atom is 0.0715 e. The van der Waals surface area contributed by atoms with Crippen LogP contribution in [0.1, 0.15) is 11.3 Å². The van der Waals surface area contributed by atoms with E-state index in [4.69, 9.17) is 4.98 Å². The zero-order valence-electron chi connectivity index (χ0n) is 15.6. The summed E-state index contributed by atoms with van der Waals surface area (Å²) in [7, 11) is 4.10. The third-order valence-corrected chi connectivity index (χ3v) is 4.68. The van der Waals surface area contributed by atoms with Crippen molar-refractivity contribution in [3.63, 3.8) is 0 Å². The van der Waals surface area contributed by atoms with Crippen molar-refractivity contribution in [1.82, 2.24) is 4.98 Å². The fourth-order valence-corrected chi connectivity index (χ4v) is 3.20. The zero-order chi connectivity index (χ0) is 18.6. The Bertz CT molecular complexity index is 1080. The van der Waals surface area contributed by atoms with E-state index in [0.717, 1.165) is 16.8 Å². The Morgan fingerprint density at radius 1 is 0.741 bits per heavy atom. The van der Waals surface area contributed by atoms with E-state index in [1.165, 1.54) is 22.2 Å². The van der Waals surface area contributed by atoms with Crippen LogP contribution in [0.4, 0.5) is 5.69 Å². The van der Waals surface area contributed by atoms with E-state index in [2.05, 4.69) is 104 Å². The highest BCUT2D eigenvalue weighted by Crippen LogP contribution is 2.29. The Kier molecular flexibility index (Phi) is 4.71. The number of fused-ring (bicyclic) bond motifs is 1. The van der Waals surface area contributed by atoms with Gasteiger partial charge in [0.2, 0.25) is 0 Å². The predicted octanol–water partition coefficient (Wildman–Crippen LogP) is 6.14. The molecule has 0 N–H and O–H groups in total. The molecule has 0 spiro atoms. The van der Waals surface area contributed by atoms with Gasteiger partial charge in [0.25, 0.3) is 0 Å². The largest absolute Gasteiger partial charge is 0.378 e. The van der Waals surface area contributed by atoms with Crippen molar-refractivity contribution in [1.29, 1.82) is 0 Å². The molecule has 0 unspecified atom stereocenters. The molecule has 1 heterocycles. The van der Waals surface area contributed by atoms with Crippen LogP contribution in [0.2, 0.25) is 0 Å². The minimum Gasteiger partial charge on any atom is -0.378 e. The van der Waals surface area contributed by atoms with Crippen molar-refractivity contribution < 1.29 is 0 Å². The molecule has 0 atom stereocenters. The van der Waals surface area contributed by atoms with Gasteiger partial charge in [0.05, 0.1) is 11.2 Å². The SMILES string of the molecule is CN(C)c1ccc(C=Cc2cc(-c3ccccc3)c3ccccc3n2)cc1. The lowest BCUT2D eigenvalue weighted by atomic mass is 10.00. The summed E-state index contributed by atoms with van der Waals surface area (Å²) in [4.78, 5) is 6.93. The average molecular weight is 350 g/mol. The van der Waals surface area contributed by atoms with Crippen molar-refractivity contribution in [3.05, 3.63) is 96.2 Å². The molecule has 0 amide bonds. The molecule has 1 aromatic heterocycles. The number of nitrogens with zero attached hydrogens (tertiary/aromatic N) is 2. The van der Waals surface area contributed by atoms with E-state index in [1.54, 1.807) is 0 Å². The molecule has 0 aliphatic rings. The number of rotatable bonds is 4. The fraction of sp³-hybridized carbons (Fsp3) is 0.0800. The number of benzene rings is 3. The second kappa shape index (κ2) is 7.46. The van der Waals surface area contributed by atoms with Gasteiger partial charge in [-0.05, 0) is 47.0 Å². The highest BCUT2D eigenvalue weighted by molar-refractivity contribution is 5.95. The van der Waals surface area contributed by atoms with Crippen molar-refractivity contribution in [2.75, 3.05) is 19.0 Å². The first-order chi connectivity index (χ1) is 13.2. The van der Waals surface area contributed by atoms with Crippen LogP contribution in [0.5, 0.6) is 0 Å². The summed E-state index contributed by atoms with van der Waals surface area (Å²) >= 11 is 0. The van der Waals surface area contributed by atoms with Gasteiger partial charge in [-0.2, -0.15) is 0 Å². The molecule has 4 rings (SSSR count). The monoisotopic (exact) mass is 350 g/mol. The summed E-state index contributed by atoms with van der Waals surface area (Å²) in [6.07, 6.45) is 4.20. The van der Waals surface area contributed by atoms with Crippen LogP contribution in [-0.4, -0.2) is 19.1 Å². The average Bonchev–Trinajstić information content (AvgIpc) is 2.72. The molecular weight excluding hydrogens is 328 g/mol. The third kappa shape index (κ3) is 3.75. The Hall–Kier alpha value is -3.39. The van der Waals surface area contributed by atoms with Crippen molar-refractivity contribution >= 4 is 28.7 Å². The first-order valence-corrected chi connectivity index (χ1v) is 9.11. The quantitative estimate of drug-likeness (QED) is 0.439. The van der Waals surface area contributed by atoms with Crippen LogP contribution in [0.15, 0.2) is 84.9 Å². The zero-order valence-corrected chi connectivity index (χ0v) is 15.6. The van der Waals surface area contributed by atoms with Crippen molar-refractivity contribution in [2.24, 2.45) is 0 Å². The lowest BCUT2D eigenvalue weighted by Gasteiger charge is -2.11. The lowest BCUT2D eigenvalue weighted by Crippen LogP contribution is -2.07. The number of hydrogen-bond acceptors (Lipinski definition) is 2. The highest BCUT2D eigenvalue weighted by atomic mass is 15.1. The van der Waals surface area contributed by atoms with E-state index in [1.807, 2.05) is 12.1 Å². The van der Waals surface area contributed by atoms with Crippen LogP contribution in [0.25, 0.3) is 34.2 Å². The number of hydrogen-bond donors (Lipinski definition) is 0. The molecule has 4 aromatic rings. The number of anilines is 1. The first-order valence-electron chi connectivity index (χ1n) is 9.11. The van der Waals surface area contributed by atoms with Crippen LogP contribution >= 0.6 is 0 Å².